The molecule has 0 atom stereocenters. The summed E-state index contributed by atoms with van der Waals surface area (Å²) in [5, 5.41) is 0. The van der Waals surface area contributed by atoms with Gasteiger partial charge in [0.05, 0.1) is 11.2 Å². The number of benzene rings is 2. The van der Waals surface area contributed by atoms with Gasteiger partial charge >= 0.3 is 7.12 Å². The first-order valence-corrected chi connectivity index (χ1v) is 11.3. The van der Waals surface area contributed by atoms with Crippen LogP contribution in [0.4, 0.5) is 0 Å². The van der Waals surface area contributed by atoms with E-state index in [2.05, 4.69) is 71.9 Å². The van der Waals surface area contributed by atoms with Gasteiger partial charge < -0.3 is 9.31 Å². The Hall–Kier alpha value is -1.91. The fourth-order valence-electron chi connectivity index (χ4n) is 5.25. The smallest absolute Gasteiger partial charge is 0.399 e. The van der Waals surface area contributed by atoms with Gasteiger partial charge in [-0.05, 0) is 74.3 Å². The van der Waals surface area contributed by atoms with Crippen LogP contribution < -0.4 is 5.46 Å². The van der Waals surface area contributed by atoms with Crippen LogP contribution in [0, 0.1) is 0 Å². The van der Waals surface area contributed by atoms with Gasteiger partial charge in [0.15, 0.2) is 0 Å². The Bertz CT molecular complexity index is 954. The monoisotopic (exact) mass is 404 g/mol. The number of aldehydes is 1. The van der Waals surface area contributed by atoms with Crippen molar-refractivity contribution in [3.8, 4) is 11.1 Å². The Morgan fingerprint density at radius 3 is 1.90 bits per heavy atom. The number of rotatable bonds is 6. The van der Waals surface area contributed by atoms with E-state index in [1.165, 1.54) is 22.3 Å². The van der Waals surface area contributed by atoms with Crippen molar-refractivity contribution in [2.45, 2.75) is 83.8 Å². The lowest BCUT2D eigenvalue weighted by atomic mass is 9.69. The first-order valence-electron chi connectivity index (χ1n) is 11.3. The third kappa shape index (κ3) is 3.08. The normalized spacial score (nSPS) is 20.1. The fraction of sp³-hybridized carbons (Fsp3) is 0.500. The summed E-state index contributed by atoms with van der Waals surface area (Å²) >= 11 is 0. The van der Waals surface area contributed by atoms with Crippen LogP contribution in [0.1, 0.15) is 88.7 Å². The molecule has 1 aliphatic heterocycles. The van der Waals surface area contributed by atoms with Crippen LogP contribution in [0.2, 0.25) is 0 Å². The summed E-state index contributed by atoms with van der Waals surface area (Å²) < 4.78 is 12.7. The van der Waals surface area contributed by atoms with E-state index in [0.29, 0.717) is 0 Å². The molecule has 4 heteroatoms. The minimum absolute atomic E-state index is 0.0627. The summed E-state index contributed by atoms with van der Waals surface area (Å²) in [6, 6.07) is 12.9. The van der Waals surface area contributed by atoms with E-state index >= 15 is 0 Å². The highest BCUT2D eigenvalue weighted by atomic mass is 16.7. The van der Waals surface area contributed by atoms with Gasteiger partial charge in [-0.3, -0.25) is 4.79 Å². The molecule has 0 spiro atoms. The van der Waals surface area contributed by atoms with E-state index in [-0.39, 0.29) is 23.7 Å². The predicted octanol–water partition coefficient (Wildman–Crippen LogP) is 5.67. The van der Waals surface area contributed by atoms with Crippen LogP contribution >= 0.6 is 0 Å². The molecule has 158 valence electrons. The highest BCUT2D eigenvalue weighted by molar-refractivity contribution is 6.62. The van der Waals surface area contributed by atoms with Crippen LogP contribution in [0.5, 0.6) is 0 Å². The maximum absolute atomic E-state index is 11.5. The van der Waals surface area contributed by atoms with Crippen molar-refractivity contribution in [2.75, 3.05) is 0 Å². The molecule has 0 radical (unpaired) electrons. The number of hydrogen-bond acceptors (Lipinski definition) is 3. The molecule has 0 saturated carbocycles. The van der Waals surface area contributed by atoms with Crippen molar-refractivity contribution in [2.24, 2.45) is 0 Å². The molecule has 2 aromatic rings. The molecule has 0 amide bonds. The maximum Gasteiger partial charge on any atom is 0.494 e. The molecule has 2 aromatic carbocycles. The van der Waals surface area contributed by atoms with Crippen molar-refractivity contribution in [1.82, 2.24) is 0 Å². The zero-order chi connectivity index (χ0) is 21.7. The number of carbonyl (C=O) groups is 1. The molecule has 0 bridgehead atoms. The summed E-state index contributed by atoms with van der Waals surface area (Å²) in [5.74, 6) is 0. The second-order valence-corrected chi connectivity index (χ2v) is 9.90. The topological polar surface area (TPSA) is 35.5 Å². The molecule has 4 rings (SSSR count). The van der Waals surface area contributed by atoms with E-state index in [9.17, 15) is 4.79 Å². The van der Waals surface area contributed by atoms with Gasteiger partial charge in [0, 0.05) is 11.0 Å². The standard InChI is InChI=1S/C26H33BO3/c1-7-13-26(14-8-2)22-15-18(17-28)9-11-20(22)21-12-10-19(16-23(21)26)27-29-24(3,4)25(5,6)30-27/h9-12,15-17H,7-8,13-14H2,1-6H3. The van der Waals surface area contributed by atoms with Crippen molar-refractivity contribution in [1.29, 1.82) is 0 Å². The quantitative estimate of drug-likeness (QED) is 0.460. The zero-order valence-corrected chi connectivity index (χ0v) is 19.2. The predicted molar refractivity (Wildman–Crippen MR) is 124 cm³/mol. The first-order chi connectivity index (χ1) is 14.2. The molecule has 1 aliphatic carbocycles. The SMILES string of the molecule is CCCC1(CCC)c2cc(C=O)ccc2-c2ccc(B3OC(C)(C)C(C)(C)O3)cc21. The average Bonchev–Trinajstić information content (AvgIpc) is 3.09. The molecular formula is C26H33BO3. The minimum Gasteiger partial charge on any atom is -0.399 e. The minimum atomic E-state index is -0.365. The van der Waals surface area contributed by atoms with Crippen molar-refractivity contribution in [3.05, 3.63) is 53.1 Å². The van der Waals surface area contributed by atoms with Gasteiger partial charge in [-0.25, -0.2) is 0 Å². The Kier molecular flexibility index (Phi) is 5.23. The fourth-order valence-corrected chi connectivity index (χ4v) is 5.25. The van der Waals surface area contributed by atoms with Gasteiger partial charge in [0.2, 0.25) is 0 Å². The Labute approximate surface area is 181 Å². The highest BCUT2D eigenvalue weighted by Gasteiger charge is 2.52. The van der Waals surface area contributed by atoms with Gasteiger partial charge in [-0.15, -0.1) is 0 Å². The van der Waals surface area contributed by atoms with Gasteiger partial charge in [-0.2, -0.15) is 0 Å². The maximum atomic E-state index is 11.5. The van der Waals surface area contributed by atoms with E-state index in [1.54, 1.807) is 0 Å². The van der Waals surface area contributed by atoms with E-state index in [1.807, 2.05) is 6.07 Å². The largest absolute Gasteiger partial charge is 0.494 e. The summed E-state index contributed by atoms with van der Waals surface area (Å²) in [6.45, 7) is 12.9. The summed E-state index contributed by atoms with van der Waals surface area (Å²) in [5.41, 5.74) is 6.25. The van der Waals surface area contributed by atoms with E-state index < -0.39 is 0 Å². The second kappa shape index (κ2) is 7.35. The van der Waals surface area contributed by atoms with E-state index in [4.69, 9.17) is 9.31 Å². The van der Waals surface area contributed by atoms with Gasteiger partial charge in [0.1, 0.15) is 6.29 Å². The third-order valence-corrected chi connectivity index (χ3v) is 7.42. The van der Waals surface area contributed by atoms with Crippen LogP contribution in [0.15, 0.2) is 36.4 Å². The molecule has 0 N–H and O–H groups in total. The van der Waals surface area contributed by atoms with Gasteiger partial charge in [-0.1, -0.05) is 57.0 Å². The average molecular weight is 404 g/mol. The van der Waals surface area contributed by atoms with Crippen molar-refractivity contribution in [3.63, 3.8) is 0 Å². The van der Waals surface area contributed by atoms with Crippen LogP contribution in [0.25, 0.3) is 11.1 Å². The Morgan fingerprint density at radius 2 is 1.37 bits per heavy atom. The van der Waals surface area contributed by atoms with Crippen molar-refractivity contribution >= 4 is 18.9 Å². The molecule has 0 aromatic heterocycles. The lowest BCUT2D eigenvalue weighted by Crippen LogP contribution is -2.41. The Balaban J connectivity index is 1.86. The van der Waals surface area contributed by atoms with Crippen LogP contribution in [-0.4, -0.2) is 24.6 Å². The molecule has 30 heavy (non-hydrogen) atoms. The van der Waals surface area contributed by atoms with Crippen LogP contribution in [0.3, 0.4) is 0 Å². The number of fused-ring (bicyclic) bond motifs is 3. The molecule has 1 heterocycles. The second-order valence-electron chi connectivity index (χ2n) is 9.90. The van der Waals surface area contributed by atoms with E-state index in [0.717, 1.165) is 43.0 Å². The molecule has 3 nitrogen and oxygen atoms in total. The number of hydrogen-bond donors (Lipinski definition) is 0. The summed E-state index contributed by atoms with van der Waals surface area (Å²) in [7, 11) is -0.365. The molecule has 2 aliphatic rings. The molecule has 0 unspecified atom stereocenters. The number of carbonyl (C=O) groups excluding carboxylic acids is 1. The van der Waals surface area contributed by atoms with Crippen molar-refractivity contribution < 1.29 is 14.1 Å². The van der Waals surface area contributed by atoms with Gasteiger partial charge in [0.25, 0.3) is 0 Å². The first kappa shape index (κ1) is 21.3. The molecule has 1 saturated heterocycles. The lowest BCUT2D eigenvalue weighted by molar-refractivity contribution is 0.00578. The molecular weight excluding hydrogens is 371 g/mol. The summed E-state index contributed by atoms with van der Waals surface area (Å²) in [6.07, 6.45) is 5.27. The summed E-state index contributed by atoms with van der Waals surface area (Å²) in [4.78, 5) is 11.5. The molecule has 1 fully saturated rings. The zero-order valence-electron chi connectivity index (χ0n) is 19.2. The lowest BCUT2D eigenvalue weighted by Gasteiger charge is -2.32. The Morgan fingerprint density at radius 1 is 0.833 bits per heavy atom. The van der Waals surface area contributed by atoms with Crippen LogP contribution in [-0.2, 0) is 14.7 Å². The highest BCUT2D eigenvalue weighted by Crippen LogP contribution is 2.53. The third-order valence-electron chi connectivity index (χ3n) is 7.42.